The molecule has 0 radical (unpaired) electrons. The van der Waals surface area contributed by atoms with Gasteiger partial charge in [-0.05, 0) is 43.9 Å². The molecule has 1 fully saturated rings. The molecular formula is C14H22. The maximum absolute atomic E-state index is 2.41. The van der Waals surface area contributed by atoms with E-state index in [9.17, 15) is 0 Å². The molecule has 2 aliphatic carbocycles. The maximum atomic E-state index is 2.41. The number of hydrogen-bond donors (Lipinski definition) is 0. The first kappa shape index (κ1) is 10.0. The minimum atomic E-state index is 0.408. The Bertz CT molecular complexity index is 278. The van der Waals surface area contributed by atoms with E-state index in [0.29, 0.717) is 5.41 Å². The van der Waals surface area contributed by atoms with Crippen LogP contribution in [0.15, 0.2) is 23.3 Å². The zero-order valence-corrected chi connectivity index (χ0v) is 9.77. The van der Waals surface area contributed by atoms with Crippen molar-refractivity contribution in [2.75, 3.05) is 0 Å². The van der Waals surface area contributed by atoms with Crippen molar-refractivity contribution in [3.8, 4) is 0 Å². The molecule has 78 valence electrons. The summed E-state index contributed by atoms with van der Waals surface area (Å²) in [6.45, 7) is 7.04. The summed E-state index contributed by atoms with van der Waals surface area (Å²) in [7, 11) is 0. The van der Waals surface area contributed by atoms with Gasteiger partial charge in [-0.15, -0.1) is 0 Å². The number of hydrogen-bond acceptors (Lipinski definition) is 0. The van der Waals surface area contributed by atoms with Gasteiger partial charge >= 0.3 is 0 Å². The molecule has 0 saturated heterocycles. The van der Waals surface area contributed by atoms with Crippen LogP contribution in [0.5, 0.6) is 0 Å². The van der Waals surface area contributed by atoms with Crippen LogP contribution in [0.4, 0.5) is 0 Å². The van der Waals surface area contributed by atoms with Crippen molar-refractivity contribution in [1.82, 2.24) is 0 Å². The standard InChI is InChI=1S/C14H22/c1-11-8-9-14(2,3)10-12-6-4-5-7-13(11)12/h8-9,12H,4-7,10H2,1-3H3. The molecule has 0 heterocycles. The van der Waals surface area contributed by atoms with Crippen LogP contribution in [-0.2, 0) is 0 Å². The third-order valence-electron chi connectivity index (χ3n) is 3.81. The highest BCUT2D eigenvalue weighted by molar-refractivity contribution is 5.30. The molecule has 2 rings (SSSR count). The average molecular weight is 190 g/mol. The summed E-state index contributed by atoms with van der Waals surface area (Å²) in [5, 5.41) is 0. The van der Waals surface area contributed by atoms with Crippen LogP contribution in [0.2, 0.25) is 0 Å². The molecule has 0 aliphatic heterocycles. The van der Waals surface area contributed by atoms with E-state index in [2.05, 4.69) is 32.9 Å². The summed E-state index contributed by atoms with van der Waals surface area (Å²) >= 11 is 0. The van der Waals surface area contributed by atoms with Crippen molar-refractivity contribution in [2.45, 2.75) is 52.9 Å². The van der Waals surface area contributed by atoms with Crippen molar-refractivity contribution >= 4 is 0 Å². The highest BCUT2D eigenvalue weighted by Crippen LogP contribution is 2.42. The van der Waals surface area contributed by atoms with Gasteiger partial charge in [0, 0.05) is 0 Å². The zero-order chi connectivity index (χ0) is 10.2. The molecule has 0 spiro atoms. The summed E-state index contributed by atoms with van der Waals surface area (Å²) in [5.74, 6) is 0.883. The van der Waals surface area contributed by atoms with Gasteiger partial charge in [0.05, 0.1) is 0 Å². The Hall–Kier alpha value is -0.520. The van der Waals surface area contributed by atoms with Gasteiger partial charge in [-0.3, -0.25) is 0 Å². The Morgan fingerprint density at radius 2 is 2.07 bits per heavy atom. The van der Waals surface area contributed by atoms with Gasteiger partial charge in [0.2, 0.25) is 0 Å². The van der Waals surface area contributed by atoms with E-state index in [1.54, 1.807) is 11.1 Å². The summed E-state index contributed by atoms with van der Waals surface area (Å²) in [5.41, 5.74) is 3.73. The van der Waals surface area contributed by atoms with Crippen LogP contribution < -0.4 is 0 Å². The lowest BCUT2D eigenvalue weighted by molar-refractivity contribution is 0.321. The van der Waals surface area contributed by atoms with Crippen LogP contribution in [0, 0.1) is 11.3 Å². The van der Waals surface area contributed by atoms with Crippen LogP contribution in [-0.4, -0.2) is 0 Å². The number of allylic oxidation sites excluding steroid dienone is 4. The molecule has 0 aromatic carbocycles. The molecule has 1 unspecified atom stereocenters. The lowest BCUT2D eigenvalue weighted by Gasteiger charge is -2.30. The van der Waals surface area contributed by atoms with E-state index in [-0.39, 0.29) is 0 Å². The Kier molecular flexibility index (Phi) is 2.55. The number of rotatable bonds is 0. The largest absolute Gasteiger partial charge is 0.0786 e. The fourth-order valence-corrected chi connectivity index (χ4v) is 2.99. The second-order valence-electron chi connectivity index (χ2n) is 5.68. The van der Waals surface area contributed by atoms with E-state index >= 15 is 0 Å². The van der Waals surface area contributed by atoms with Crippen LogP contribution in [0.25, 0.3) is 0 Å². The molecule has 14 heavy (non-hydrogen) atoms. The summed E-state index contributed by atoms with van der Waals surface area (Å²) in [6.07, 6.45) is 11.8. The highest BCUT2D eigenvalue weighted by Gasteiger charge is 2.28. The molecule has 1 saturated carbocycles. The van der Waals surface area contributed by atoms with Crippen molar-refractivity contribution < 1.29 is 0 Å². The van der Waals surface area contributed by atoms with Gasteiger partial charge in [-0.25, -0.2) is 0 Å². The lowest BCUT2D eigenvalue weighted by Crippen LogP contribution is -2.17. The minimum absolute atomic E-state index is 0.408. The quantitative estimate of drug-likeness (QED) is 0.528. The molecule has 0 heteroatoms. The predicted octanol–water partition coefficient (Wildman–Crippen LogP) is 4.48. The summed E-state index contributed by atoms with van der Waals surface area (Å²) in [4.78, 5) is 0. The van der Waals surface area contributed by atoms with E-state index in [0.717, 1.165) is 5.92 Å². The molecule has 0 nitrogen and oxygen atoms in total. The lowest BCUT2D eigenvalue weighted by atomic mass is 9.75. The van der Waals surface area contributed by atoms with Crippen molar-refractivity contribution in [3.05, 3.63) is 23.3 Å². The fraction of sp³-hybridized carbons (Fsp3) is 0.714. The van der Waals surface area contributed by atoms with E-state index in [1.165, 1.54) is 32.1 Å². The van der Waals surface area contributed by atoms with E-state index in [4.69, 9.17) is 0 Å². The third kappa shape index (κ3) is 1.94. The molecule has 0 aromatic rings. The second kappa shape index (κ2) is 3.56. The first-order valence-corrected chi connectivity index (χ1v) is 5.97. The van der Waals surface area contributed by atoms with Crippen LogP contribution >= 0.6 is 0 Å². The van der Waals surface area contributed by atoms with Gasteiger partial charge in [-0.2, -0.15) is 0 Å². The predicted molar refractivity (Wildman–Crippen MR) is 62.2 cm³/mol. The van der Waals surface area contributed by atoms with Crippen molar-refractivity contribution in [3.63, 3.8) is 0 Å². The van der Waals surface area contributed by atoms with Gasteiger partial charge in [-0.1, -0.05) is 43.6 Å². The normalized spacial score (nSPS) is 31.2. The molecule has 2 aliphatic rings. The number of fused-ring (bicyclic) bond motifs is 1. The summed E-state index contributed by atoms with van der Waals surface area (Å²) < 4.78 is 0. The van der Waals surface area contributed by atoms with E-state index < -0.39 is 0 Å². The molecule has 0 amide bonds. The van der Waals surface area contributed by atoms with Gasteiger partial charge in [0.1, 0.15) is 0 Å². The topological polar surface area (TPSA) is 0 Å². The zero-order valence-electron chi connectivity index (χ0n) is 9.77. The molecule has 0 N–H and O–H groups in total. The smallest absolute Gasteiger partial charge is 0.0166 e. The van der Waals surface area contributed by atoms with Crippen molar-refractivity contribution in [2.24, 2.45) is 11.3 Å². The van der Waals surface area contributed by atoms with Gasteiger partial charge in [0.15, 0.2) is 0 Å². The maximum Gasteiger partial charge on any atom is -0.0166 e. The first-order chi connectivity index (χ1) is 6.58. The fourth-order valence-electron chi connectivity index (χ4n) is 2.99. The molecular weight excluding hydrogens is 168 g/mol. The third-order valence-corrected chi connectivity index (χ3v) is 3.81. The van der Waals surface area contributed by atoms with E-state index in [1.807, 2.05) is 0 Å². The molecule has 0 aromatic heterocycles. The Morgan fingerprint density at radius 3 is 2.86 bits per heavy atom. The summed E-state index contributed by atoms with van der Waals surface area (Å²) in [6, 6.07) is 0. The molecule has 1 atom stereocenters. The first-order valence-electron chi connectivity index (χ1n) is 5.97. The highest BCUT2D eigenvalue weighted by atomic mass is 14.3. The van der Waals surface area contributed by atoms with Crippen LogP contribution in [0.1, 0.15) is 52.9 Å². The van der Waals surface area contributed by atoms with Gasteiger partial charge < -0.3 is 0 Å². The molecule has 0 bridgehead atoms. The van der Waals surface area contributed by atoms with Crippen molar-refractivity contribution in [1.29, 1.82) is 0 Å². The monoisotopic (exact) mass is 190 g/mol. The minimum Gasteiger partial charge on any atom is -0.0786 e. The average Bonchev–Trinajstić information content (AvgIpc) is 2.25. The SMILES string of the molecule is CC1=C2CCCCC2CC(C)(C)C=C1. The Balaban J connectivity index is 2.28. The van der Waals surface area contributed by atoms with Crippen LogP contribution in [0.3, 0.4) is 0 Å². The van der Waals surface area contributed by atoms with Gasteiger partial charge in [0.25, 0.3) is 0 Å². The second-order valence-corrected chi connectivity index (χ2v) is 5.68. The Labute approximate surface area is 88.1 Å². The Morgan fingerprint density at radius 1 is 1.29 bits per heavy atom.